The molecule has 7 nitrogen and oxygen atoms in total. The zero-order valence-corrected chi connectivity index (χ0v) is 14.2. The Morgan fingerprint density at radius 3 is 2.69 bits per heavy atom. The van der Waals surface area contributed by atoms with E-state index in [1.807, 2.05) is 0 Å². The smallest absolute Gasteiger partial charge is 0.339 e. The predicted octanol–water partition coefficient (Wildman–Crippen LogP) is 2.53. The zero-order valence-electron chi connectivity index (χ0n) is 14.2. The van der Waals surface area contributed by atoms with E-state index in [0.717, 1.165) is 0 Å². The molecular weight excluding hydrogens is 355 g/mol. The summed E-state index contributed by atoms with van der Waals surface area (Å²) in [5.74, 6) is -2.05. The highest BCUT2D eigenvalue weighted by atomic mass is 19.4. The van der Waals surface area contributed by atoms with Crippen molar-refractivity contribution >= 4 is 17.5 Å². The summed E-state index contributed by atoms with van der Waals surface area (Å²) in [5, 5.41) is 10.9. The largest absolute Gasteiger partial charge is 0.406 e. The Balaban J connectivity index is 2.08. The molecule has 2 amide bonds. The van der Waals surface area contributed by atoms with Gasteiger partial charge in [-0.3, -0.25) is 19.7 Å². The topological polar surface area (TPSA) is 83.8 Å². The first-order valence-electron chi connectivity index (χ1n) is 7.85. The molecule has 2 atom stereocenters. The Kier molecular flexibility index (Phi) is 5.53. The molecule has 0 spiro atoms. The SMILES string of the molecule is C[C@H](c1cccc([N+](=O)[O-])c1)N(C)C(=O)[C@@H]1CC(=O)N(CC(F)(F)F)C1. The van der Waals surface area contributed by atoms with Gasteiger partial charge in [0, 0.05) is 32.1 Å². The molecule has 142 valence electrons. The number of non-ortho nitro benzene ring substituents is 1. The highest BCUT2D eigenvalue weighted by molar-refractivity contribution is 5.89. The number of rotatable bonds is 5. The van der Waals surface area contributed by atoms with Gasteiger partial charge in [0.05, 0.1) is 16.9 Å². The molecule has 0 aromatic heterocycles. The van der Waals surface area contributed by atoms with E-state index >= 15 is 0 Å². The van der Waals surface area contributed by atoms with Crippen LogP contribution in [0.2, 0.25) is 0 Å². The molecule has 0 aliphatic carbocycles. The second-order valence-corrected chi connectivity index (χ2v) is 6.27. The number of nitrogens with zero attached hydrogens (tertiary/aromatic N) is 3. The summed E-state index contributed by atoms with van der Waals surface area (Å²) in [5.41, 5.74) is 0.397. The van der Waals surface area contributed by atoms with E-state index in [9.17, 15) is 32.9 Å². The van der Waals surface area contributed by atoms with Gasteiger partial charge in [-0.2, -0.15) is 13.2 Å². The lowest BCUT2D eigenvalue weighted by Gasteiger charge is -2.28. The third-order valence-electron chi connectivity index (χ3n) is 4.43. The molecule has 0 N–H and O–H groups in total. The van der Waals surface area contributed by atoms with Gasteiger partial charge in [-0.25, -0.2) is 0 Å². The Morgan fingerprint density at radius 2 is 2.12 bits per heavy atom. The monoisotopic (exact) mass is 373 g/mol. The van der Waals surface area contributed by atoms with E-state index in [1.165, 1.54) is 30.1 Å². The molecule has 2 rings (SSSR count). The van der Waals surface area contributed by atoms with E-state index in [1.54, 1.807) is 13.0 Å². The van der Waals surface area contributed by atoms with E-state index < -0.39 is 41.4 Å². The fraction of sp³-hybridized carbons (Fsp3) is 0.500. The molecule has 0 bridgehead atoms. The molecule has 1 heterocycles. The second-order valence-electron chi connectivity index (χ2n) is 6.27. The van der Waals surface area contributed by atoms with Crippen molar-refractivity contribution < 1.29 is 27.7 Å². The summed E-state index contributed by atoms with van der Waals surface area (Å²) < 4.78 is 37.4. The predicted molar refractivity (Wildman–Crippen MR) is 85.0 cm³/mol. The van der Waals surface area contributed by atoms with Gasteiger partial charge in [-0.1, -0.05) is 12.1 Å². The fourth-order valence-electron chi connectivity index (χ4n) is 2.91. The van der Waals surface area contributed by atoms with Crippen LogP contribution in [0.3, 0.4) is 0 Å². The van der Waals surface area contributed by atoms with Gasteiger partial charge in [0.1, 0.15) is 6.54 Å². The van der Waals surface area contributed by atoms with Crippen molar-refractivity contribution in [2.45, 2.75) is 25.6 Å². The number of halogens is 3. The number of benzene rings is 1. The molecule has 26 heavy (non-hydrogen) atoms. The van der Waals surface area contributed by atoms with Gasteiger partial charge < -0.3 is 9.80 Å². The molecular formula is C16H18F3N3O4. The molecule has 0 radical (unpaired) electrons. The van der Waals surface area contributed by atoms with Crippen LogP contribution in [-0.4, -0.2) is 52.9 Å². The molecule has 0 saturated carbocycles. The minimum Gasteiger partial charge on any atom is -0.339 e. The maximum Gasteiger partial charge on any atom is 0.406 e. The number of carbonyl (C=O) groups excluding carboxylic acids is 2. The molecule has 1 aliphatic heterocycles. The van der Waals surface area contributed by atoms with Gasteiger partial charge in [-0.05, 0) is 12.5 Å². The lowest BCUT2D eigenvalue weighted by Crippen LogP contribution is -2.38. The van der Waals surface area contributed by atoms with E-state index in [2.05, 4.69) is 0 Å². The minimum absolute atomic E-state index is 0.123. The van der Waals surface area contributed by atoms with Gasteiger partial charge in [0.25, 0.3) is 5.69 Å². The van der Waals surface area contributed by atoms with Crippen molar-refractivity contribution in [2.24, 2.45) is 5.92 Å². The highest BCUT2D eigenvalue weighted by Gasteiger charge is 2.41. The van der Waals surface area contributed by atoms with E-state index in [0.29, 0.717) is 10.5 Å². The van der Waals surface area contributed by atoms with Crippen LogP contribution in [0.15, 0.2) is 24.3 Å². The molecule has 0 unspecified atom stereocenters. The van der Waals surface area contributed by atoms with Crippen molar-refractivity contribution in [1.82, 2.24) is 9.80 Å². The molecule has 1 fully saturated rings. The summed E-state index contributed by atoms with van der Waals surface area (Å²) >= 11 is 0. The average Bonchev–Trinajstić information content (AvgIpc) is 2.91. The lowest BCUT2D eigenvalue weighted by atomic mass is 10.0. The second kappa shape index (κ2) is 7.30. The molecule has 1 saturated heterocycles. The van der Waals surface area contributed by atoms with Crippen molar-refractivity contribution in [1.29, 1.82) is 0 Å². The number of likely N-dealkylation sites (tertiary alicyclic amines) is 1. The van der Waals surface area contributed by atoms with Crippen molar-refractivity contribution in [3.05, 3.63) is 39.9 Å². The standard InChI is InChI=1S/C16H18F3N3O4/c1-10(11-4-3-5-13(6-11)22(25)26)20(2)15(24)12-7-14(23)21(8-12)9-16(17,18)19/h3-6,10,12H,7-9H2,1-2H3/t10-,12-/m1/s1. The minimum atomic E-state index is -4.52. The number of hydrogen-bond donors (Lipinski definition) is 0. The Hall–Kier alpha value is -2.65. The van der Waals surface area contributed by atoms with E-state index in [-0.39, 0.29) is 18.7 Å². The number of carbonyl (C=O) groups is 2. The number of alkyl halides is 3. The van der Waals surface area contributed by atoms with Crippen molar-refractivity contribution in [2.75, 3.05) is 20.1 Å². The van der Waals surface area contributed by atoms with Crippen molar-refractivity contribution in [3.63, 3.8) is 0 Å². The summed E-state index contributed by atoms with van der Waals surface area (Å²) in [6, 6.07) is 5.24. The fourth-order valence-corrected chi connectivity index (χ4v) is 2.91. The van der Waals surface area contributed by atoms with Gasteiger partial charge in [-0.15, -0.1) is 0 Å². The molecule has 1 aromatic rings. The highest BCUT2D eigenvalue weighted by Crippen LogP contribution is 2.28. The van der Waals surface area contributed by atoms with Crippen LogP contribution >= 0.6 is 0 Å². The van der Waals surface area contributed by atoms with Crippen LogP contribution < -0.4 is 0 Å². The third kappa shape index (κ3) is 4.50. The summed E-state index contributed by atoms with van der Waals surface area (Å²) in [7, 11) is 1.46. The van der Waals surface area contributed by atoms with Crippen LogP contribution in [0.5, 0.6) is 0 Å². The quantitative estimate of drug-likeness (QED) is 0.586. The van der Waals surface area contributed by atoms with Crippen molar-refractivity contribution in [3.8, 4) is 0 Å². The maximum absolute atomic E-state index is 12.6. The number of nitro benzene ring substituents is 1. The van der Waals surface area contributed by atoms with Gasteiger partial charge in [0.2, 0.25) is 11.8 Å². The Labute approximate surface area is 147 Å². The molecule has 1 aliphatic rings. The van der Waals surface area contributed by atoms with E-state index in [4.69, 9.17) is 0 Å². The molecule has 1 aromatic carbocycles. The lowest BCUT2D eigenvalue weighted by molar-refractivity contribution is -0.384. The maximum atomic E-state index is 12.6. The average molecular weight is 373 g/mol. The summed E-state index contributed by atoms with van der Waals surface area (Å²) in [4.78, 5) is 36.5. The van der Waals surface area contributed by atoms with Crippen LogP contribution in [0.25, 0.3) is 0 Å². The molecule has 10 heteroatoms. The number of nitro groups is 1. The normalized spacial score (nSPS) is 18.7. The van der Waals surface area contributed by atoms with Gasteiger partial charge in [0.15, 0.2) is 0 Å². The number of amides is 2. The third-order valence-corrected chi connectivity index (χ3v) is 4.43. The summed E-state index contributed by atoms with van der Waals surface area (Å²) in [6.45, 7) is -0.00977. The van der Waals surface area contributed by atoms with Crippen LogP contribution in [0.1, 0.15) is 24.9 Å². The van der Waals surface area contributed by atoms with Crippen LogP contribution in [-0.2, 0) is 9.59 Å². The Morgan fingerprint density at radius 1 is 1.46 bits per heavy atom. The first-order valence-corrected chi connectivity index (χ1v) is 7.85. The Bertz CT molecular complexity index is 723. The first-order chi connectivity index (χ1) is 12.0. The first kappa shape index (κ1) is 19.7. The zero-order chi connectivity index (χ0) is 19.6. The number of hydrogen-bond acceptors (Lipinski definition) is 4. The van der Waals surface area contributed by atoms with Crippen LogP contribution in [0.4, 0.5) is 18.9 Å². The summed E-state index contributed by atoms with van der Waals surface area (Å²) in [6.07, 6.45) is -4.79. The van der Waals surface area contributed by atoms with Crippen LogP contribution in [0, 0.1) is 16.0 Å². The van der Waals surface area contributed by atoms with Gasteiger partial charge >= 0.3 is 6.18 Å².